The molecule has 120 valence electrons. The Bertz CT molecular complexity index is 405. The number of benzene rings is 1. The van der Waals surface area contributed by atoms with Crippen molar-refractivity contribution >= 4 is 0 Å². The van der Waals surface area contributed by atoms with Gasteiger partial charge in [-0.2, -0.15) is 0 Å². The average molecular weight is 297 g/mol. The summed E-state index contributed by atoms with van der Waals surface area (Å²) < 4.78 is 10.7. The van der Waals surface area contributed by atoms with Crippen molar-refractivity contribution in [3.63, 3.8) is 0 Å². The highest BCUT2D eigenvalue weighted by atomic mass is 16.5. The fourth-order valence-electron chi connectivity index (χ4n) is 2.11. The first kappa shape index (κ1) is 17.9. The third kappa shape index (κ3) is 6.91. The van der Waals surface area contributed by atoms with Crippen molar-refractivity contribution < 1.29 is 19.7 Å². The molecule has 3 N–H and O–H groups in total. The summed E-state index contributed by atoms with van der Waals surface area (Å²) in [6.07, 6.45) is -0.0119. The monoisotopic (exact) mass is 297 g/mol. The highest BCUT2D eigenvalue weighted by Gasteiger charge is 2.11. The Morgan fingerprint density at radius 1 is 1.24 bits per heavy atom. The number of aliphatic hydroxyl groups excluding tert-OH is 2. The summed E-state index contributed by atoms with van der Waals surface area (Å²) in [5.74, 6) is 0.795. The lowest BCUT2D eigenvalue weighted by molar-refractivity contribution is 0.0917. The lowest BCUT2D eigenvalue weighted by Gasteiger charge is -2.20. The van der Waals surface area contributed by atoms with Gasteiger partial charge in [0.2, 0.25) is 0 Å². The predicted octanol–water partition coefficient (Wildman–Crippen LogP) is 1.03. The van der Waals surface area contributed by atoms with Gasteiger partial charge >= 0.3 is 0 Å². The third-order valence-corrected chi connectivity index (χ3v) is 3.25. The van der Waals surface area contributed by atoms with E-state index in [4.69, 9.17) is 14.6 Å². The molecule has 1 aromatic carbocycles. The first-order valence-corrected chi connectivity index (χ1v) is 7.28. The quantitative estimate of drug-likeness (QED) is 0.602. The summed E-state index contributed by atoms with van der Waals surface area (Å²) >= 11 is 0. The average Bonchev–Trinajstić information content (AvgIpc) is 2.44. The van der Waals surface area contributed by atoms with Crippen LogP contribution in [0.15, 0.2) is 18.2 Å². The lowest BCUT2D eigenvalue weighted by Crippen LogP contribution is -2.40. The molecule has 0 amide bonds. The number of nitrogens with one attached hydrogen (secondary N) is 1. The van der Waals surface area contributed by atoms with E-state index < -0.39 is 6.10 Å². The maximum atomic E-state index is 9.95. The molecule has 2 atom stereocenters. The normalized spacial score (nSPS) is 14.0. The van der Waals surface area contributed by atoms with E-state index in [1.807, 2.05) is 26.0 Å². The molecule has 0 saturated heterocycles. The van der Waals surface area contributed by atoms with Gasteiger partial charge in [-0.1, -0.05) is 17.7 Å². The molecule has 0 bridgehead atoms. The summed E-state index contributed by atoms with van der Waals surface area (Å²) in [4.78, 5) is 0. The smallest absolute Gasteiger partial charge is 0.122 e. The topological polar surface area (TPSA) is 71.0 Å². The number of aryl methyl sites for hydroxylation is 2. The molecule has 5 heteroatoms. The number of hydrogen-bond donors (Lipinski definition) is 3. The zero-order valence-electron chi connectivity index (χ0n) is 13.1. The summed E-state index contributed by atoms with van der Waals surface area (Å²) in [7, 11) is 1.62. The van der Waals surface area contributed by atoms with E-state index in [-0.39, 0.29) is 19.3 Å². The predicted molar refractivity (Wildman–Crippen MR) is 82.8 cm³/mol. The van der Waals surface area contributed by atoms with Crippen LogP contribution in [0.25, 0.3) is 0 Å². The van der Waals surface area contributed by atoms with Gasteiger partial charge in [0.05, 0.1) is 6.61 Å². The van der Waals surface area contributed by atoms with Gasteiger partial charge in [0.15, 0.2) is 0 Å². The van der Waals surface area contributed by atoms with Crippen molar-refractivity contribution in [3.8, 4) is 5.75 Å². The van der Waals surface area contributed by atoms with Crippen LogP contribution >= 0.6 is 0 Å². The molecule has 0 radical (unpaired) electrons. The zero-order chi connectivity index (χ0) is 15.7. The fourth-order valence-corrected chi connectivity index (χ4v) is 2.11. The van der Waals surface area contributed by atoms with Crippen molar-refractivity contribution in [2.24, 2.45) is 0 Å². The third-order valence-electron chi connectivity index (χ3n) is 3.25. The van der Waals surface area contributed by atoms with Crippen LogP contribution in [0.4, 0.5) is 0 Å². The lowest BCUT2D eigenvalue weighted by atomic mass is 10.1. The van der Waals surface area contributed by atoms with Gasteiger partial charge in [0, 0.05) is 26.3 Å². The molecule has 0 aliphatic rings. The molecular formula is C16H27NO4. The van der Waals surface area contributed by atoms with Crippen molar-refractivity contribution in [3.05, 3.63) is 29.3 Å². The Balaban J connectivity index is 2.34. The second-order valence-electron chi connectivity index (χ2n) is 5.31. The van der Waals surface area contributed by atoms with Crippen LogP contribution < -0.4 is 10.1 Å². The van der Waals surface area contributed by atoms with Crippen LogP contribution in [-0.4, -0.2) is 55.8 Å². The molecule has 1 rings (SSSR count). The van der Waals surface area contributed by atoms with Crippen molar-refractivity contribution in [2.75, 3.05) is 33.5 Å². The second-order valence-corrected chi connectivity index (χ2v) is 5.31. The largest absolute Gasteiger partial charge is 0.491 e. The Labute approximate surface area is 126 Å². The Morgan fingerprint density at radius 2 is 2.00 bits per heavy atom. The molecule has 0 heterocycles. The second kappa shape index (κ2) is 9.73. The van der Waals surface area contributed by atoms with E-state index in [2.05, 4.69) is 11.4 Å². The van der Waals surface area contributed by atoms with Crippen molar-refractivity contribution in [2.45, 2.75) is 32.4 Å². The van der Waals surface area contributed by atoms with Gasteiger partial charge in [-0.15, -0.1) is 0 Å². The van der Waals surface area contributed by atoms with Gasteiger partial charge < -0.3 is 25.0 Å². The minimum atomic E-state index is -0.608. The van der Waals surface area contributed by atoms with E-state index in [1.54, 1.807) is 7.11 Å². The van der Waals surface area contributed by atoms with Gasteiger partial charge in [0.1, 0.15) is 18.5 Å². The molecule has 21 heavy (non-hydrogen) atoms. The maximum Gasteiger partial charge on any atom is 0.122 e. The van der Waals surface area contributed by atoms with Crippen molar-refractivity contribution in [1.29, 1.82) is 0 Å². The van der Waals surface area contributed by atoms with Gasteiger partial charge in [-0.25, -0.2) is 0 Å². The number of ether oxygens (including phenoxy) is 2. The standard InChI is InChI=1S/C16H27NO4/c1-12-4-5-16(13(2)8-12)21-11-15(19)9-17-14(6-7-18)10-20-3/h4-5,8,14-15,17-19H,6-7,9-11H2,1-3H3. The Morgan fingerprint density at radius 3 is 2.62 bits per heavy atom. The van der Waals surface area contributed by atoms with Crippen LogP contribution in [-0.2, 0) is 4.74 Å². The molecule has 0 aromatic heterocycles. The fraction of sp³-hybridized carbons (Fsp3) is 0.625. The minimum absolute atomic E-state index is 0.0377. The maximum absolute atomic E-state index is 9.95. The van der Waals surface area contributed by atoms with Crippen molar-refractivity contribution in [1.82, 2.24) is 5.32 Å². The van der Waals surface area contributed by atoms with E-state index in [0.717, 1.165) is 11.3 Å². The zero-order valence-corrected chi connectivity index (χ0v) is 13.1. The summed E-state index contributed by atoms with van der Waals surface area (Å²) in [5, 5.41) is 22.1. The number of hydrogen-bond acceptors (Lipinski definition) is 5. The van der Waals surface area contributed by atoms with Crippen LogP contribution in [0.2, 0.25) is 0 Å². The molecular weight excluding hydrogens is 270 g/mol. The molecule has 0 aliphatic carbocycles. The van der Waals surface area contributed by atoms with E-state index in [1.165, 1.54) is 5.56 Å². The molecule has 0 aliphatic heterocycles. The first-order valence-electron chi connectivity index (χ1n) is 7.28. The Hall–Kier alpha value is -1.14. The van der Waals surface area contributed by atoms with E-state index >= 15 is 0 Å². The molecule has 0 fully saturated rings. The summed E-state index contributed by atoms with van der Waals surface area (Å²) in [6, 6.07) is 6.00. The van der Waals surface area contributed by atoms with E-state index in [0.29, 0.717) is 19.6 Å². The first-order chi connectivity index (χ1) is 10.1. The summed E-state index contributed by atoms with van der Waals surface area (Å²) in [6.45, 7) is 5.26. The van der Waals surface area contributed by atoms with Gasteiger partial charge in [0.25, 0.3) is 0 Å². The summed E-state index contributed by atoms with van der Waals surface area (Å²) in [5.41, 5.74) is 2.25. The SMILES string of the molecule is COCC(CCO)NCC(O)COc1ccc(C)cc1C. The number of aliphatic hydroxyl groups is 2. The molecule has 5 nitrogen and oxygen atoms in total. The van der Waals surface area contributed by atoms with Crippen LogP contribution in [0.1, 0.15) is 17.5 Å². The number of methoxy groups -OCH3 is 1. The minimum Gasteiger partial charge on any atom is -0.491 e. The van der Waals surface area contributed by atoms with Crippen LogP contribution in [0.5, 0.6) is 5.75 Å². The van der Waals surface area contributed by atoms with Crippen LogP contribution in [0.3, 0.4) is 0 Å². The van der Waals surface area contributed by atoms with Gasteiger partial charge in [-0.05, 0) is 31.9 Å². The molecule has 2 unspecified atom stereocenters. The molecule has 0 saturated carbocycles. The molecule has 1 aromatic rings. The number of rotatable bonds is 10. The van der Waals surface area contributed by atoms with Gasteiger partial charge in [-0.3, -0.25) is 0 Å². The molecule has 0 spiro atoms. The highest BCUT2D eigenvalue weighted by Crippen LogP contribution is 2.18. The van der Waals surface area contributed by atoms with E-state index in [9.17, 15) is 5.11 Å². The van der Waals surface area contributed by atoms with Crippen LogP contribution in [0, 0.1) is 13.8 Å². The highest BCUT2D eigenvalue weighted by molar-refractivity contribution is 5.35. The Kier molecular flexibility index (Phi) is 8.30.